The van der Waals surface area contributed by atoms with Gasteiger partial charge in [-0.05, 0) is 24.3 Å². The van der Waals surface area contributed by atoms with E-state index in [1.165, 1.54) is 12.3 Å². The van der Waals surface area contributed by atoms with Crippen molar-refractivity contribution in [3.05, 3.63) is 42.2 Å². The average Bonchev–Trinajstić information content (AvgIpc) is 3.51. The van der Waals surface area contributed by atoms with E-state index < -0.39 is 9.84 Å². The van der Waals surface area contributed by atoms with E-state index in [2.05, 4.69) is 20.3 Å². The number of thioether (sulfide) groups is 1. The van der Waals surface area contributed by atoms with Gasteiger partial charge in [0, 0.05) is 49.3 Å². The van der Waals surface area contributed by atoms with Crippen LogP contribution in [0.25, 0.3) is 10.9 Å². The number of fused-ring (bicyclic) bond motifs is 1. The van der Waals surface area contributed by atoms with Gasteiger partial charge in [-0.15, -0.1) is 0 Å². The number of aromatic nitrogens is 2. The molecule has 5 rings (SSSR count). The number of nitrogens with zero attached hydrogens (tertiary/aromatic N) is 2. The SMILES string of the molecule is CNC(=O)CC1CN=C(c2cc3cc(Oc4ccc(S(C)(=O)=O)nc4)cc(OC4CCOCC4)c3[nH]2)S1. The van der Waals surface area contributed by atoms with Gasteiger partial charge in [0.1, 0.15) is 28.4 Å². The molecule has 196 valence electrons. The predicted molar refractivity (Wildman–Crippen MR) is 142 cm³/mol. The molecule has 1 saturated heterocycles. The number of benzene rings is 1. The van der Waals surface area contributed by atoms with Crippen LogP contribution in [0.1, 0.15) is 25.0 Å². The van der Waals surface area contributed by atoms with Crippen LogP contribution in [0.3, 0.4) is 0 Å². The standard InChI is InChI=1S/C25H28N4O6S2/c1-26-22(30)12-19-14-28-25(36-19)20-10-15-9-18(34-17-3-4-23(27-13-17)37(2,31)32)11-21(24(15)29-20)35-16-5-7-33-8-6-16/h3-4,9-11,13,16,19,29H,5-8,12,14H2,1-2H3,(H,26,30). The zero-order valence-electron chi connectivity index (χ0n) is 20.5. The van der Waals surface area contributed by atoms with Crippen LogP contribution in [0, 0.1) is 0 Å². The first kappa shape index (κ1) is 25.6. The van der Waals surface area contributed by atoms with Crippen LogP contribution < -0.4 is 14.8 Å². The summed E-state index contributed by atoms with van der Waals surface area (Å²) in [5.41, 5.74) is 1.69. The molecule has 1 atom stereocenters. The first-order valence-electron chi connectivity index (χ1n) is 12.0. The van der Waals surface area contributed by atoms with Gasteiger partial charge in [-0.1, -0.05) is 11.8 Å². The van der Waals surface area contributed by atoms with Crippen molar-refractivity contribution in [3.8, 4) is 17.2 Å². The molecule has 2 aliphatic heterocycles. The van der Waals surface area contributed by atoms with E-state index in [1.54, 1.807) is 24.9 Å². The van der Waals surface area contributed by atoms with E-state index in [0.29, 0.717) is 43.4 Å². The summed E-state index contributed by atoms with van der Waals surface area (Å²) in [7, 11) is -1.76. The quantitative estimate of drug-likeness (QED) is 0.442. The molecular weight excluding hydrogens is 516 g/mol. The highest BCUT2D eigenvalue weighted by Crippen LogP contribution is 2.37. The summed E-state index contributed by atoms with van der Waals surface area (Å²) in [6.45, 7) is 1.88. The smallest absolute Gasteiger partial charge is 0.220 e. The molecule has 1 unspecified atom stereocenters. The van der Waals surface area contributed by atoms with Crippen LogP contribution in [0.15, 0.2) is 46.5 Å². The molecule has 0 aliphatic carbocycles. The second-order valence-corrected chi connectivity index (χ2v) is 12.2. The largest absolute Gasteiger partial charge is 0.488 e. The molecule has 4 heterocycles. The highest BCUT2D eigenvalue weighted by Gasteiger charge is 2.25. The number of aliphatic imine (C=N–C) groups is 1. The summed E-state index contributed by atoms with van der Waals surface area (Å²) in [5.74, 6) is 1.59. The molecule has 1 fully saturated rings. The maximum atomic E-state index is 11.8. The first-order chi connectivity index (χ1) is 17.8. The molecule has 2 N–H and O–H groups in total. The Hall–Kier alpha value is -3.09. The Morgan fingerprint density at radius 3 is 2.73 bits per heavy atom. The van der Waals surface area contributed by atoms with E-state index in [1.807, 2.05) is 18.2 Å². The summed E-state index contributed by atoms with van der Waals surface area (Å²) in [6.07, 6.45) is 4.52. The van der Waals surface area contributed by atoms with Crippen molar-refractivity contribution in [2.75, 3.05) is 33.1 Å². The van der Waals surface area contributed by atoms with Gasteiger partial charge < -0.3 is 24.5 Å². The highest BCUT2D eigenvalue weighted by atomic mass is 32.2. The third-order valence-electron chi connectivity index (χ3n) is 6.09. The Labute approximate surface area is 219 Å². The number of carbonyl (C=O) groups excluding carboxylic acids is 1. The zero-order valence-corrected chi connectivity index (χ0v) is 22.2. The number of ether oxygens (including phenoxy) is 3. The Kier molecular flexibility index (Phi) is 7.40. The molecular formula is C25H28N4O6S2. The minimum absolute atomic E-state index is 0.00130. The second-order valence-electron chi connectivity index (χ2n) is 8.97. The number of hydrogen-bond donors (Lipinski definition) is 2. The lowest BCUT2D eigenvalue weighted by Gasteiger charge is -2.24. The minimum Gasteiger partial charge on any atom is -0.488 e. The molecule has 0 spiro atoms. The maximum Gasteiger partial charge on any atom is 0.220 e. The van der Waals surface area contributed by atoms with Crippen LogP contribution in [0.4, 0.5) is 0 Å². The fraction of sp³-hybridized carbons (Fsp3) is 0.400. The fourth-order valence-corrected chi connectivity index (χ4v) is 5.83. The summed E-state index contributed by atoms with van der Waals surface area (Å²) in [6, 6.07) is 8.70. The molecule has 0 saturated carbocycles. The molecule has 37 heavy (non-hydrogen) atoms. The lowest BCUT2D eigenvalue weighted by molar-refractivity contribution is -0.120. The van der Waals surface area contributed by atoms with Crippen molar-refractivity contribution in [1.29, 1.82) is 0 Å². The number of amides is 1. The van der Waals surface area contributed by atoms with E-state index in [0.717, 1.165) is 40.7 Å². The number of pyridine rings is 1. The minimum atomic E-state index is -3.40. The predicted octanol–water partition coefficient (Wildman–Crippen LogP) is 3.31. The summed E-state index contributed by atoms with van der Waals surface area (Å²) in [5, 5.41) is 4.48. The summed E-state index contributed by atoms with van der Waals surface area (Å²) < 4.78 is 41.3. The number of nitrogens with one attached hydrogen (secondary N) is 2. The highest BCUT2D eigenvalue weighted by molar-refractivity contribution is 8.15. The van der Waals surface area contributed by atoms with Gasteiger partial charge in [-0.2, -0.15) is 0 Å². The third kappa shape index (κ3) is 6.08. The monoisotopic (exact) mass is 544 g/mol. The number of sulfone groups is 1. The van der Waals surface area contributed by atoms with Crippen LogP contribution in [0.2, 0.25) is 0 Å². The van der Waals surface area contributed by atoms with Crippen LogP contribution in [-0.2, 0) is 19.4 Å². The first-order valence-corrected chi connectivity index (χ1v) is 14.7. The van der Waals surface area contributed by atoms with E-state index in [-0.39, 0.29) is 22.3 Å². The Morgan fingerprint density at radius 2 is 2.03 bits per heavy atom. The van der Waals surface area contributed by atoms with Gasteiger partial charge in [0.15, 0.2) is 14.9 Å². The average molecular weight is 545 g/mol. The normalized spacial score (nSPS) is 18.5. The lowest BCUT2D eigenvalue weighted by Crippen LogP contribution is -2.25. The molecule has 3 aromatic rings. The third-order valence-corrected chi connectivity index (χ3v) is 8.31. The van der Waals surface area contributed by atoms with E-state index in [4.69, 9.17) is 14.2 Å². The number of aromatic amines is 1. The Bertz CT molecular complexity index is 1430. The van der Waals surface area contributed by atoms with Crippen molar-refractivity contribution >= 4 is 43.5 Å². The van der Waals surface area contributed by atoms with Gasteiger partial charge in [-0.3, -0.25) is 9.79 Å². The number of H-pyrrole nitrogens is 1. The lowest BCUT2D eigenvalue weighted by atomic mass is 10.1. The van der Waals surface area contributed by atoms with E-state index in [9.17, 15) is 13.2 Å². The molecule has 2 aromatic heterocycles. The van der Waals surface area contributed by atoms with E-state index >= 15 is 0 Å². The molecule has 2 aliphatic rings. The Morgan fingerprint density at radius 1 is 1.22 bits per heavy atom. The molecule has 12 heteroatoms. The van der Waals surface area contributed by atoms with Gasteiger partial charge in [0.2, 0.25) is 5.91 Å². The number of carbonyl (C=O) groups is 1. The molecule has 10 nitrogen and oxygen atoms in total. The van der Waals surface area contributed by atoms with Crippen molar-refractivity contribution in [2.45, 2.75) is 35.6 Å². The van der Waals surface area contributed by atoms with Crippen LogP contribution in [0.5, 0.6) is 17.2 Å². The summed E-state index contributed by atoms with van der Waals surface area (Å²) >= 11 is 1.59. The number of rotatable bonds is 8. The molecule has 0 radical (unpaired) electrons. The van der Waals surface area contributed by atoms with Crippen molar-refractivity contribution < 1.29 is 27.4 Å². The summed E-state index contributed by atoms with van der Waals surface area (Å²) in [4.78, 5) is 23.9. The Balaban J connectivity index is 1.43. The maximum absolute atomic E-state index is 11.8. The molecule has 0 bridgehead atoms. The fourth-order valence-electron chi connectivity index (χ4n) is 4.19. The van der Waals surface area contributed by atoms with Crippen molar-refractivity contribution in [3.63, 3.8) is 0 Å². The number of hydrogen-bond acceptors (Lipinski definition) is 9. The second kappa shape index (κ2) is 10.7. The molecule has 1 aromatic carbocycles. The molecule has 1 amide bonds. The van der Waals surface area contributed by atoms with Gasteiger partial charge in [-0.25, -0.2) is 13.4 Å². The van der Waals surface area contributed by atoms with Crippen molar-refractivity contribution in [1.82, 2.24) is 15.3 Å². The van der Waals surface area contributed by atoms with Crippen molar-refractivity contribution in [2.24, 2.45) is 4.99 Å². The zero-order chi connectivity index (χ0) is 26.0. The topological polar surface area (TPSA) is 132 Å². The van der Waals surface area contributed by atoms with Gasteiger partial charge in [0.25, 0.3) is 0 Å². The van der Waals surface area contributed by atoms with Crippen LogP contribution in [-0.4, -0.2) is 73.8 Å². The van der Waals surface area contributed by atoms with Gasteiger partial charge in [0.05, 0.1) is 37.2 Å². The van der Waals surface area contributed by atoms with Gasteiger partial charge >= 0.3 is 0 Å². The van der Waals surface area contributed by atoms with Crippen LogP contribution >= 0.6 is 11.8 Å².